The van der Waals surface area contributed by atoms with Crippen molar-refractivity contribution >= 4 is 35.1 Å². The van der Waals surface area contributed by atoms with E-state index in [2.05, 4.69) is 5.32 Å². The molecule has 0 radical (unpaired) electrons. The van der Waals surface area contributed by atoms with Crippen molar-refractivity contribution in [1.82, 2.24) is 0 Å². The van der Waals surface area contributed by atoms with Gasteiger partial charge in [-0.15, -0.1) is 11.6 Å². The molecule has 1 rings (SSSR count). The van der Waals surface area contributed by atoms with Crippen molar-refractivity contribution in [2.24, 2.45) is 0 Å². The molecule has 7 nitrogen and oxygen atoms in total. The van der Waals surface area contributed by atoms with Gasteiger partial charge >= 0.3 is 11.9 Å². The Balaban J connectivity index is 3.67. The number of carbonyl (C=O) groups is 3. The van der Waals surface area contributed by atoms with Gasteiger partial charge in [0.25, 0.3) is 0 Å². The average molecular weight is 358 g/mol. The molecule has 132 valence electrons. The first-order valence-corrected chi connectivity index (χ1v) is 7.89. The van der Waals surface area contributed by atoms with Crippen LogP contribution in [0.5, 0.6) is 5.75 Å². The second kappa shape index (κ2) is 8.54. The number of rotatable bonds is 6. The number of nitrogens with one attached hydrogen (secondary N) is 1. The van der Waals surface area contributed by atoms with Crippen LogP contribution in [0.25, 0.3) is 0 Å². The second-order valence-corrected chi connectivity index (χ2v) is 5.11. The smallest absolute Gasteiger partial charge is 0.342 e. The Kier molecular flexibility index (Phi) is 7.03. The Hall–Kier alpha value is -2.28. The van der Waals surface area contributed by atoms with Crippen LogP contribution in [0, 0.1) is 13.8 Å². The number of carbonyl (C=O) groups excluding carboxylic acids is 3. The van der Waals surface area contributed by atoms with Gasteiger partial charge in [-0.1, -0.05) is 0 Å². The number of ether oxygens (including phenoxy) is 2. The summed E-state index contributed by atoms with van der Waals surface area (Å²) < 4.78 is 9.84. The van der Waals surface area contributed by atoms with Crippen LogP contribution in [0.3, 0.4) is 0 Å². The molecule has 2 N–H and O–H groups in total. The lowest BCUT2D eigenvalue weighted by Crippen LogP contribution is -2.20. The Labute approximate surface area is 144 Å². The molecule has 1 aromatic carbocycles. The van der Waals surface area contributed by atoms with Crippen molar-refractivity contribution < 1.29 is 29.0 Å². The largest absolute Gasteiger partial charge is 0.506 e. The van der Waals surface area contributed by atoms with Crippen molar-refractivity contribution in [3.63, 3.8) is 0 Å². The van der Waals surface area contributed by atoms with Crippen molar-refractivity contribution in [3.05, 3.63) is 22.3 Å². The van der Waals surface area contributed by atoms with E-state index in [1.54, 1.807) is 13.8 Å². The predicted molar refractivity (Wildman–Crippen MR) is 88.8 cm³/mol. The zero-order chi connectivity index (χ0) is 18.4. The minimum Gasteiger partial charge on any atom is -0.506 e. The molecule has 0 aliphatic rings. The molecule has 8 heteroatoms. The van der Waals surface area contributed by atoms with Gasteiger partial charge in [-0.05, 0) is 38.8 Å². The van der Waals surface area contributed by atoms with Crippen molar-refractivity contribution in [2.75, 3.05) is 24.4 Å². The molecular formula is C16H20ClNO6. The molecule has 0 aromatic heterocycles. The Bertz CT molecular complexity index is 626. The van der Waals surface area contributed by atoms with Crippen LogP contribution in [-0.4, -0.2) is 42.0 Å². The number of esters is 2. The van der Waals surface area contributed by atoms with Crippen molar-refractivity contribution in [3.8, 4) is 5.75 Å². The number of phenols is 1. The predicted octanol–water partition coefficient (Wildman–Crippen LogP) is 2.54. The number of phenolic OH excluding ortho intramolecular Hbond substituents is 1. The molecule has 0 heterocycles. The molecule has 0 bridgehead atoms. The molecule has 0 spiro atoms. The van der Waals surface area contributed by atoms with Crippen LogP contribution >= 0.6 is 11.6 Å². The summed E-state index contributed by atoms with van der Waals surface area (Å²) in [6.45, 7) is 6.45. The third-order valence-corrected chi connectivity index (χ3v) is 3.56. The maximum absolute atomic E-state index is 12.2. The molecule has 1 amide bonds. The molecule has 0 saturated heterocycles. The van der Waals surface area contributed by atoms with Crippen molar-refractivity contribution in [2.45, 2.75) is 27.7 Å². The second-order valence-electron chi connectivity index (χ2n) is 4.85. The maximum atomic E-state index is 12.2. The standard InChI is InChI=1S/C16H20ClNO6/c1-5-23-15(21)11-8(3)13(18-10(19)7-17)9(4)12(14(11)20)16(22)24-6-2/h20H,5-7H2,1-4H3,(H,18,19). The lowest BCUT2D eigenvalue weighted by molar-refractivity contribution is -0.113. The van der Waals surface area contributed by atoms with Crippen LogP contribution in [0.15, 0.2) is 0 Å². The number of benzene rings is 1. The fraction of sp³-hybridized carbons (Fsp3) is 0.438. The maximum Gasteiger partial charge on any atom is 0.342 e. The summed E-state index contributed by atoms with van der Waals surface area (Å²) in [6.07, 6.45) is 0. The average Bonchev–Trinajstić information content (AvgIpc) is 2.51. The quantitative estimate of drug-likeness (QED) is 0.461. The van der Waals surface area contributed by atoms with Crippen molar-refractivity contribution in [1.29, 1.82) is 0 Å². The summed E-state index contributed by atoms with van der Waals surface area (Å²) >= 11 is 5.50. The topological polar surface area (TPSA) is 102 Å². The number of alkyl halides is 1. The van der Waals surface area contributed by atoms with Crippen LogP contribution in [0.2, 0.25) is 0 Å². The molecule has 0 aliphatic heterocycles. The third-order valence-electron chi connectivity index (χ3n) is 3.32. The third kappa shape index (κ3) is 3.97. The minimum atomic E-state index is -0.806. The Morgan fingerprint density at radius 2 is 1.42 bits per heavy atom. The van der Waals surface area contributed by atoms with Gasteiger partial charge in [-0.3, -0.25) is 4.79 Å². The summed E-state index contributed by atoms with van der Waals surface area (Å²) in [7, 11) is 0. The highest BCUT2D eigenvalue weighted by Crippen LogP contribution is 2.37. The molecular weight excluding hydrogens is 338 g/mol. The van der Waals surface area contributed by atoms with E-state index in [1.807, 2.05) is 0 Å². The molecule has 1 aromatic rings. The Morgan fingerprint density at radius 3 is 1.75 bits per heavy atom. The van der Waals surface area contributed by atoms with Gasteiger partial charge in [0.05, 0.1) is 13.2 Å². The minimum absolute atomic E-state index is 0.0870. The molecule has 0 aliphatic carbocycles. The highest BCUT2D eigenvalue weighted by molar-refractivity contribution is 6.29. The summed E-state index contributed by atoms with van der Waals surface area (Å²) in [6, 6.07) is 0. The normalized spacial score (nSPS) is 10.2. The lowest BCUT2D eigenvalue weighted by atomic mass is 9.95. The summed E-state index contributed by atoms with van der Waals surface area (Å²) in [5, 5.41) is 13.0. The van der Waals surface area contributed by atoms with E-state index in [4.69, 9.17) is 21.1 Å². The van der Waals surface area contributed by atoms with Gasteiger partial charge in [0.15, 0.2) is 0 Å². The number of halogens is 1. The fourth-order valence-corrected chi connectivity index (χ4v) is 2.34. The van der Waals surface area contributed by atoms with Gasteiger partial charge in [-0.2, -0.15) is 0 Å². The van der Waals surface area contributed by atoms with Gasteiger partial charge in [-0.25, -0.2) is 9.59 Å². The van der Waals surface area contributed by atoms with Crippen LogP contribution in [0.1, 0.15) is 45.7 Å². The summed E-state index contributed by atoms with van der Waals surface area (Å²) in [4.78, 5) is 36.0. The van der Waals surface area contributed by atoms with E-state index in [0.717, 1.165) is 0 Å². The lowest BCUT2D eigenvalue weighted by Gasteiger charge is -2.19. The first kappa shape index (κ1) is 19.8. The fourth-order valence-electron chi connectivity index (χ4n) is 2.28. The van der Waals surface area contributed by atoms with Crippen LogP contribution in [0.4, 0.5) is 5.69 Å². The monoisotopic (exact) mass is 357 g/mol. The van der Waals surface area contributed by atoms with E-state index in [0.29, 0.717) is 0 Å². The van der Waals surface area contributed by atoms with E-state index >= 15 is 0 Å². The SMILES string of the molecule is CCOC(=O)c1c(C)c(NC(=O)CCl)c(C)c(C(=O)OCC)c1O. The number of anilines is 1. The van der Waals surface area contributed by atoms with Gasteiger partial charge in [0.2, 0.25) is 5.91 Å². The zero-order valence-electron chi connectivity index (χ0n) is 14.0. The van der Waals surface area contributed by atoms with Gasteiger partial charge in [0.1, 0.15) is 22.8 Å². The van der Waals surface area contributed by atoms with Gasteiger partial charge < -0.3 is 19.9 Å². The van der Waals surface area contributed by atoms with Crippen LogP contribution in [-0.2, 0) is 14.3 Å². The zero-order valence-corrected chi connectivity index (χ0v) is 14.7. The summed E-state index contributed by atoms with van der Waals surface area (Å²) in [5.74, 6) is -2.97. The van der Waals surface area contributed by atoms with E-state index < -0.39 is 23.6 Å². The first-order chi connectivity index (χ1) is 11.3. The van der Waals surface area contributed by atoms with E-state index in [9.17, 15) is 19.5 Å². The number of hydrogen-bond donors (Lipinski definition) is 2. The van der Waals surface area contributed by atoms with Gasteiger partial charge in [0, 0.05) is 5.69 Å². The number of amides is 1. The molecule has 0 unspecified atom stereocenters. The van der Waals surface area contributed by atoms with Crippen LogP contribution < -0.4 is 5.32 Å². The highest BCUT2D eigenvalue weighted by Gasteiger charge is 2.29. The Morgan fingerprint density at radius 1 is 1.00 bits per heavy atom. The number of aromatic hydroxyl groups is 1. The molecule has 0 atom stereocenters. The highest BCUT2D eigenvalue weighted by atomic mass is 35.5. The first-order valence-electron chi connectivity index (χ1n) is 7.36. The van der Waals surface area contributed by atoms with E-state index in [1.165, 1.54) is 13.8 Å². The molecule has 24 heavy (non-hydrogen) atoms. The summed E-state index contributed by atoms with van der Waals surface area (Å²) in [5.41, 5.74) is 0.361. The molecule has 0 saturated carbocycles. The van der Waals surface area contributed by atoms with E-state index in [-0.39, 0.29) is 47.0 Å². The molecule has 0 fully saturated rings. The number of hydrogen-bond acceptors (Lipinski definition) is 6.